The Labute approximate surface area is 164 Å². The van der Waals surface area contributed by atoms with Crippen LogP contribution in [0.4, 0.5) is 15.8 Å². The van der Waals surface area contributed by atoms with Crippen LogP contribution in [-0.2, 0) is 14.4 Å². The van der Waals surface area contributed by atoms with E-state index in [-0.39, 0.29) is 12.2 Å². The Morgan fingerprint density at radius 3 is 2.62 bits per heavy atom. The van der Waals surface area contributed by atoms with Crippen molar-refractivity contribution in [2.75, 3.05) is 23.9 Å². The number of halogens is 1. The molecule has 2 aliphatic heterocycles. The third-order valence-corrected chi connectivity index (χ3v) is 4.60. The van der Waals surface area contributed by atoms with Crippen molar-refractivity contribution in [2.24, 2.45) is 10.3 Å². The summed E-state index contributed by atoms with van der Waals surface area (Å²) >= 11 is 0. The number of amides is 3. The zero-order valence-electron chi connectivity index (χ0n) is 15.3. The maximum absolute atomic E-state index is 13.3. The highest BCUT2D eigenvalue weighted by Crippen LogP contribution is 2.32. The average Bonchev–Trinajstić information content (AvgIpc) is 3.22. The molecule has 2 heterocycles. The van der Waals surface area contributed by atoms with E-state index in [1.54, 1.807) is 24.3 Å². The van der Waals surface area contributed by atoms with Crippen molar-refractivity contribution >= 4 is 29.1 Å². The number of nitrogens with one attached hydrogen (secondary N) is 1. The van der Waals surface area contributed by atoms with Crippen LogP contribution in [0.25, 0.3) is 0 Å². The van der Waals surface area contributed by atoms with Gasteiger partial charge in [0.15, 0.2) is 12.1 Å². The summed E-state index contributed by atoms with van der Waals surface area (Å²) in [6.45, 7) is -0.309. The van der Waals surface area contributed by atoms with Crippen molar-refractivity contribution in [1.29, 1.82) is 0 Å². The molecule has 10 heteroatoms. The van der Waals surface area contributed by atoms with E-state index in [9.17, 15) is 18.8 Å². The van der Waals surface area contributed by atoms with Crippen LogP contribution >= 0.6 is 0 Å². The molecule has 0 bridgehead atoms. The van der Waals surface area contributed by atoms with Crippen LogP contribution in [0.1, 0.15) is 0 Å². The van der Waals surface area contributed by atoms with E-state index in [2.05, 4.69) is 15.7 Å². The lowest BCUT2D eigenvalue weighted by Crippen LogP contribution is -2.43. The van der Waals surface area contributed by atoms with E-state index in [0.717, 1.165) is 4.90 Å². The lowest BCUT2D eigenvalue weighted by Gasteiger charge is -2.20. The number of hydrogen-bond acceptors (Lipinski definition) is 7. The van der Waals surface area contributed by atoms with Crippen molar-refractivity contribution in [3.8, 4) is 5.75 Å². The summed E-state index contributed by atoms with van der Waals surface area (Å²) in [4.78, 5) is 38.9. The minimum absolute atomic E-state index is 0.274. The Bertz CT molecular complexity index is 1010. The molecule has 2 aromatic rings. The molecule has 0 unspecified atom stereocenters. The van der Waals surface area contributed by atoms with Crippen LogP contribution in [0.3, 0.4) is 0 Å². The summed E-state index contributed by atoms with van der Waals surface area (Å²) in [6.07, 6.45) is 0. The SMILES string of the molecule is COc1ccc(N2C(=O)[C@H]3N=NN(CC(=O)Nc4cccc(F)c4)[C@@H]3C2=O)cc1. The smallest absolute Gasteiger partial charge is 0.263 e. The van der Waals surface area contributed by atoms with Gasteiger partial charge in [-0.2, -0.15) is 5.11 Å². The number of imide groups is 1. The molecular weight excluding hydrogens is 381 g/mol. The number of rotatable bonds is 5. The van der Waals surface area contributed by atoms with Gasteiger partial charge in [-0.1, -0.05) is 11.3 Å². The fourth-order valence-electron chi connectivity index (χ4n) is 3.25. The molecule has 1 N–H and O–H groups in total. The molecule has 0 aromatic heterocycles. The first-order valence-corrected chi connectivity index (χ1v) is 8.72. The first-order chi connectivity index (χ1) is 14.0. The van der Waals surface area contributed by atoms with Crippen molar-refractivity contribution in [3.63, 3.8) is 0 Å². The third-order valence-electron chi connectivity index (χ3n) is 4.60. The molecule has 0 spiro atoms. The zero-order chi connectivity index (χ0) is 20.5. The largest absolute Gasteiger partial charge is 0.497 e. The van der Waals surface area contributed by atoms with Gasteiger partial charge < -0.3 is 10.1 Å². The van der Waals surface area contributed by atoms with E-state index in [1.807, 2.05) is 0 Å². The van der Waals surface area contributed by atoms with Crippen LogP contribution in [-0.4, -0.2) is 48.5 Å². The molecule has 1 saturated heterocycles. The molecule has 2 aliphatic rings. The Hall–Kier alpha value is -3.82. The van der Waals surface area contributed by atoms with Gasteiger partial charge in [-0.25, -0.2) is 9.29 Å². The van der Waals surface area contributed by atoms with Gasteiger partial charge in [0.2, 0.25) is 5.91 Å². The predicted molar refractivity (Wildman–Crippen MR) is 99.7 cm³/mol. The maximum atomic E-state index is 13.3. The highest BCUT2D eigenvalue weighted by molar-refractivity contribution is 6.25. The fourth-order valence-corrected chi connectivity index (χ4v) is 3.25. The Morgan fingerprint density at radius 2 is 1.93 bits per heavy atom. The fraction of sp³-hybridized carbons (Fsp3) is 0.211. The lowest BCUT2D eigenvalue weighted by atomic mass is 10.1. The van der Waals surface area contributed by atoms with Crippen LogP contribution in [0.15, 0.2) is 58.9 Å². The molecule has 9 nitrogen and oxygen atoms in total. The molecule has 148 valence electrons. The van der Waals surface area contributed by atoms with Crippen LogP contribution in [0, 0.1) is 5.82 Å². The molecule has 0 aliphatic carbocycles. The zero-order valence-corrected chi connectivity index (χ0v) is 15.3. The molecule has 1 fully saturated rings. The average molecular weight is 397 g/mol. The van der Waals surface area contributed by atoms with Crippen LogP contribution in [0.2, 0.25) is 0 Å². The minimum atomic E-state index is -1.01. The number of benzene rings is 2. The van der Waals surface area contributed by atoms with Crippen LogP contribution in [0.5, 0.6) is 5.75 Å². The summed E-state index contributed by atoms with van der Waals surface area (Å²) in [5.74, 6) is -1.45. The molecule has 2 atom stereocenters. The summed E-state index contributed by atoms with van der Waals surface area (Å²) < 4.78 is 18.3. The minimum Gasteiger partial charge on any atom is -0.497 e. The summed E-state index contributed by atoms with van der Waals surface area (Å²) in [5, 5.41) is 11.4. The highest BCUT2D eigenvalue weighted by atomic mass is 19.1. The number of hydrogen-bond donors (Lipinski definition) is 1. The second kappa shape index (κ2) is 7.30. The van der Waals surface area contributed by atoms with Gasteiger partial charge in [-0.05, 0) is 42.5 Å². The summed E-state index contributed by atoms with van der Waals surface area (Å²) in [6, 6.07) is 9.86. The van der Waals surface area contributed by atoms with Gasteiger partial charge in [0.05, 0.1) is 12.8 Å². The normalized spacial score (nSPS) is 20.2. The first-order valence-electron chi connectivity index (χ1n) is 8.72. The number of fused-ring (bicyclic) bond motifs is 1. The molecule has 4 rings (SSSR count). The molecule has 0 saturated carbocycles. The topological polar surface area (TPSA) is 104 Å². The number of anilines is 2. The van der Waals surface area contributed by atoms with E-state index < -0.39 is 35.6 Å². The number of nitrogens with zero attached hydrogens (tertiary/aromatic N) is 4. The number of carbonyl (C=O) groups is 3. The Morgan fingerprint density at radius 1 is 1.17 bits per heavy atom. The van der Waals surface area contributed by atoms with Crippen molar-refractivity contribution in [3.05, 3.63) is 54.3 Å². The molecule has 29 heavy (non-hydrogen) atoms. The number of ether oxygens (including phenoxy) is 1. The van der Waals surface area contributed by atoms with E-state index in [1.165, 1.54) is 36.4 Å². The lowest BCUT2D eigenvalue weighted by molar-refractivity contribution is -0.123. The molecule has 2 aromatic carbocycles. The number of methoxy groups -OCH3 is 1. The molecular formula is C19H16FN5O4. The third kappa shape index (κ3) is 3.40. The van der Waals surface area contributed by atoms with Gasteiger partial charge in [-0.15, -0.1) is 0 Å². The highest BCUT2D eigenvalue weighted by Gasteiger charge is 2.55. The Kier molecular flexibility index (Phi) is 4.67. The van der Waals surface area contributed by atoms with Gasteiger partial charge in [0.1, 0.15) is 18.1 Å². The first kappa shape index (κ1) is 18.5. The quantitative estimate of drug-likeness (QED) is 0.775. The molecule has 0 radical (unpaired) electrons. The van der Waals surface area contributed by atoms with E-state index >= 15 is 0 Å². The van der Waals surface area contributed by atoms with E-state index in [0.29, 0.717) is 11.4 Å². The predicted octanol–water partition coefficient (Wildman–Crippen LogP) is 1.77. The van der Waals surface area contributed by atoms with Gasteiger partial charge in [0, 0.05) is 5.69 Å². The van der Waals surface area contributed by atoms with Crippen LogP contribution < -0.4 is 15.0 Å². The Balaban J connectivity index is 1.48. The van der Waals surface area contributed by atoms with Gasteiger partial charge >= 0.3 is 0 Å². The monoisotopic (exact) mass is 397 g/mol. The van der Waals surface area contributed by atoms with Gasteiger partial charge in [-0.3, -0.25) is 19.4 Å². The van der Waals surface area contributed by atoms with E-state index in [4.69, 9.17) is 4.74 Å². The summed E-state index contributed by atoms with van der Waals surface area (Å²) in [7, 11) is 1.51. The maximum Gasteiger partial charge on any atom is 0.263 e. The molecule has 3 amide bonds. The van der Waals surface area contributed by atoms with Gasteiger partial charge in [0.25, 0.3) is 11.8 Å². The second-order valence-electron chi connectivity index (χ2n) is 6.46. The second-order valence-corrected chi connectivity index (χ2v) is 6.46. The standard InChI is InChI=1S/C19H16FN5O4/c1-29-14-7-5-13(6-8-14)25-18(27)16-17(19(25)28)24(23-22-16)10-15(26)21-12-4-2-3-11(20)9-12/h2-9,16-17H,10H2,1H3,(H,21,26)/t16-,17-/m0/s1. The summed E-state index contributed by atoms with van der Waals surface area (Å²) in [5.41, 5.74) is 0.658. The van der Waals surface area contributed by atoms with Crippen molar-refractivity contribution in [2.45, 2.75) is 12.1 Å². The number of carbonyl (C=O) groups excluding carboxylic acids is 3. The van der Waals surface area contributed by atoms with Crippen molar-refractivity contribution < 1.29 is 23.5 Å². The van der Waals surface area contributed by atoms with Crippen molar-refractivity contribution in [1.82, 2.24) is 5.01 Å².